The fourth-order valence-corrected chi connectivity index (χ4v) is 2.84. The molecular formula is C19H16Cl2N4O3. The number of benzene rings is 1. The molecule has 0 aliphatic heterocycles. The molecule has 0 spiro atoms. The van der Waals surface area contributed by atoms with E-state index >= 15 is 0 Å². The average molecular weight is 419 g/mol. The summed E-state index contributed by atoms with van der Waals surface area (Å²) in [7, 11) is 0. The van der Waals surface area contributed by atoms with E-state index in [2.05, 4.69) is 15.4 Å². The minimum Gasteiger partial charge on any atom is -0.452 e. The number of hydrogen-bond acceptors (Lipinski definition) is 5. The summed E-state index contributed by atoms with van der Waals surface area (Å²) >= 11 is 11.9. The maximum absolute atomic E-state index is 12.1. The van der Waals surface area contributed by atoms with E-state index in [1.807, 2.05) is 19.9 Å². The first-order valence-corrected chi connectivity index (χ1v) is 9.01. The summed E-state index contributed by atoms with van der Waals surface area (Å²) in [5.41, 5.74) is 2.36. The molecule has 3 aromatic rings. The molecule has 0 unspecified atom stereocenters. The van der Waals surface area contributed by atoms with Crippen LogP contribution in [0.15, 0.2) is 42.6 Å². The number of rotatable bonds is 5. The van der Waals surface area contributed by atoms with Gasteiger partial charge in [0.25, 0.3) is 5.91 Å². The third kappa shape index (κ3) is 4.49. The van der Waals surface area contributed by atoms with Crippen LogP contribution in [0, 0.1) is 13.8 Å². The summed E-state index contributed by atoms with van der Waals surface area (Å²) in [6.45, 7) is 3.33. The van der Waals surface area contributed by atoms with Crippen LogP contribution in [0.1, 0.15) is 21.7 Å². The van der Waals surface area contributed by atoms with Gasteiger partial charge in [0.15, 0.2) is 12.4 Å². The van der Waals surface area contributed by atoms with Crippen molar-refractivity contribution in [2.24, 2.45) is 0 Å². The average Bonchev–Trinajstić information content (AvgIpc) is 3.02. The van der Waals surface area contributed by atoms with Crippen molar-refractivity contribution in [2.75, 3.05) is 11.9 Å². The molecule has 7 nitrogen and oxygen atoms in total. The van der Waals surface area contributed by atoms with Crippen molar-refractivity contribution < 1.29 is 14.3 Å². The molecule has 0 aliphatic carbocycles. The first kappa shape index (κ1) is 19.9. The first-order chi connectivity index (χ1) is 13.3. The molecule has 0 atom stereocenters. The number of aryl methyl sites for hydroxylation is 2. The predicted molar refractivity (Wildman–Crippen MR) is 106 cm³/mol. The number of aromatic nitrogens is 3. The summed E-state index contributed by atoms with van der Waals surface area (Å²) in [6, 6.07) is 9.98. The highest BCUT2D eigenvalue weighted by atomic mass is 35.5. The molecule has 0 aliphatic rings. The van der Waals surface area contributed by atoms with Crippen LogP contribution < -0.4 is 5.32 Å². The van der Waals surface area contributed by atoms with Gasteiger partial charge in [0.1, 0.15) is 0 Å². The summed E-state index contributed by atoms with van der Waals surface area (Å²) in [5.74, 6) is -0.625. The highest BCUT2D eigenvalue weighted by molar-refractivity contribution is 6.44. The van der Waals surface area contributed by atoms with Gasteiger partial charge in [0.05, 0.1) is 27.0 Å². The number of carbonyl (C=O) groups excluding carboxylic acids is 2. The van der Waals surface area contributed by atoms with E-state index in [1.165, 1.54) is 6.20 Å². The van der Waals surface area contributed by atoms with Crippen LogP contribution in [0.4, 0.5) is 5.69 Å². The van der Waals surface area contributed by atoms with Crippen molar-refractivity contribution in [2.45, 2.75) is 13.8 Å². The zero-order valence-corrected chi connectivity index (χ0v) is 16.6. The quantitative estimate of drug-likeness (QED) is 0.633. The van der Waals surface area contributed by atoms with Gasteiger partial charge in [0.2, 0.25) is 0 Å². The maximum Gasteiger partial charge on any atom is 0.340 e. The van der Waals surface area contributed by atoms with Gasteiger partial charge in [0, 0.05) is 11.9 Å². The largest absolute Gasteiger partial charge is 0.452 e. The summed E-state index contributed by atoms with van der Waals surface area (Å²) in [5, 5.41) is 7.40. The third-order valence-electron chi connectivity index (χ3n) is 3.77. The van der Waals surface area contributed by atoms with Crippen LogP contribution in [0.2, 0.25) is 10.0 Å². The summed E-state index contributed by atoms with van der Waals surface area (Å²) in [6.07, 6.45) is 1.37. The molecule has 0 radical (unpaired) electrons. The maximum atomic E-state index is 12.1. The Morgan fingerprint density at radius 2 is 1.96 bits per heavy atom. The second-order valence-electron chi connectivity index (χ2n) is 5.97. The molecule has 1 aromatic carbocycles. The van der Waals surface area contributed by atoms with E-state index in [0.717, 1.165) is 11.4 Å². The van der Waals surface area contributed by atoms with Crippen LogP contribution in [0.25, 0.3) is 5.82 Å². The van der Waals surface area contributed by atoms with E-state index in [9.17, 15) is 9.59 Å². The lowest BCUT2D eigenvalue weighted by atomic mass is 10.3. The molecule has 28 heavy (non-hydrogen) atoms. The zero-order chi connectivity index (χ0) is 20.3. The number of nitrogens with one attached hydrogen (secondary N) is 1. The van der Waals surface area contributed by atoms with Gasteiger partial charge in [-0.05, 0) is 44.2 Å². The van der Waals surface area contributed by atoms with Crippen molar-refractivity contribution in [3.05, 3.63) is 69.6 Å². The second-order valence-corrected chi connectivity index (χ2v) is 6.75. The van der Waals surface area contributed by atoms with Gasteiger partial charge in [-0.3, -0.25) is 4.79 Å². The third-order valence-corrected chi connectivity index (χ3v) is 4.59. The molecule has 1 amide bonds. The van der Waals surface area contributed by atoms with E-state index in [1.54, 1.807) is 35.0 Å². The first-order valence-electron chi connectivity index (χ1n) is 8.26. The van der Waals surface area contributed by atoms with Gasteiger partial charge >= 0.3 is 5.97 Å². The van der Waals surface area contributed by atoms with Crippen LogP contribution in [-0.2, 0) is 9.53 Å². The summed E-state index contributed by atoms with van der Waals surface area (Å²) in [4.78, 5) is 28.3. The van der Waals surface area contributed by atoms with E-state index in [4.69, 9.17) is 27.9 Å². The van der Waals surface area contributed by atoms with Crippen LogP contribution in [0.3, 0.4) is 0 Å². The van der Waals surface area contributed by atoms with Gasteiger partial charge < -0.3 is 10.1 Å². The molecule has 3 rings (SSSR count). The lowest BCUT2D eigenvalue weighted by molar-refractivity contribution is -0.119. The van der Waals surface area contributed by atoms with Crippen molar-refractivity contribution in [1.82, 2.24) is 14.8 Å². The standard InChI is InChI=1S/C19H16Cl2N4O3/c1-11-8-12(2)25(24-11)16-7-6-13(9-22-16)19(27)28-10-17(26)23-15-5-3-4-14(20)18(15)21/h3-9H,10H2,1-2H3,(H,23,26). The van der Waals surface area contributed by atoms with E-state index < -0.39 is 18.5 Å². The number of pyridine rings is 1. The Labute approximate surface area is 171 Å². The number of anilines is 1. The fraction of sp³-hybridized carbons (Fsp3) is 0.158. The second kappa shape index (κ2) is 8.41. The number of hydrogen-bond donors (Lipinski definition) is 1. The van der Waals surface area contributed by atoms with Crippen molar-refractivity contribution in [3.8, 4) is 5.82 Å². The lowest BCUT2D eigenvalue weighted by Gasteiger charge is -2.09. The fourth-order valence-electron chi connectivity index (χ4n) is 2.49. The number of halogens is 2. The lowest BCUT2D eigenvalue weighted by Crippen LogP contribution is -2.21. The Balaban J connectivity index is 1.59. The predicted octanol–water partition coefficient (Wildman–Crippen LogP) is 3.99. The number of nitrogens with zero attached hydrogens (tertiary/aromatic N) is 3. The number of amides is 1. The Morgan fingerprint density at radius 3 is 2.61 bits per heavy atom. The van der Waals surface area contributed by atoms with Gasteiger partial charge in [-0.1, -0.05) is 29.3 Å². The van der Waals surface area contributed by atoms with Crippen molar-refractivity contribution >= 4 is 40.8 Å². The smallest absolute Gasteiger partial charge is 0.340 e. The minimum absolute atomic E-state index is 0.216. The number of ether oxygens (including phenoxy) is 1. The van der Waals surface area contributed by atoms with Gasteiger partial charge in [-0.15, -0.1) is 0 Å². The van der Waals surface area contributed by atoms with Crippen LogP contribution in [-0.4, -0.2) is 33.2 Å². The molecular weight excluding hydrogens is 403 g/mol. The molecule has 0 saturated carbocycles. The molecule has 1 N–H and O–H groups in total. The molecule has 2 aromatic heterocycles. The summed E-state index contributed by atoms with van der Waals surface area (Å²) < 4.78 is 6.69. The molecule has 2 heterocycles. The highest BCUT2D eigenvalue weighted by Gasteiger charge is 2.13. The molecule has 0 fully saturated rings. The van der Waals surface area contributed by atoms with Gasteiger partial charge in [-0.2, -0.15) is 5.10 Å². The number of esters is 1. The Kier molecular flexibility index (Phi) is 5.96. The topological polar surface area (TPSA) is 86.1 Å². The molecule has 0 saturated heterocycles. The molecule has 144 valence electrons. The zero-order valence-electron chi connectivity index (χ0n) is 15.1. The SMILES string of the molecule is Cc1cc(C)n(-c2ccc(C(=O)OCC(=O)Nc3cccc(Cl)c3Cl)cn2)n1. The van der Waals surface area contributed by atoms with Crippen LogP contribution >= 0.6 is 23.2 Å². The van der Waals surface area contributed by atoms with E-state index in [-0.39, 0.29) is 10.6 Å². The van der Waals surface area contributed by atoms with Gasteiger partial charge in [-0.25, -0.2) is 14.5 Å². The van der Waals surface area contributed by atoms with Crippen LogP contribution in [0.5, 0.6) is 0 Å². The normalized spacial score (nSPS) is 10.6. The Hall–Kier alpha value is -2.90. The van der Waals surface area contributed by atoms with E-state index in [0.29, 0.717) is 16.5 Å². The van der Waals surface area contributed by atoms with Crippen molar-refractivity contribution in [1.29, 1.82) is 0 Å². The highest BCUT2D eigenvalue weighted by Crippen LogP contribution is 2.29. The molecule has 0 bridgehead atoms. The Morgan fingerprint density at radius 1 is 1.18 bits per heavy atom. The van der Waals surface area contributed by atoms with Crippen molar-refractivity contribution in [3.63, 3.8) is 0 Å². The number of carbonyl (C=O) groups is 2. The molecule has 9 heteroatoms. The minimum atomic E-state index is -0.667. The Bertz CT molecular complexity index is 1030. The monoisotopic (exact) mass is 418 g/mol.